The Morgan fingerprint density at radius 2 is 1.17 bits per heavy atom. The minimum Gasteiger partial charge on any atom is -0.0683 e. The van der Waals surface area contributed by atoms with Crippen molar-refractivity contribution in [3.63, 3.8) is 0 Å². The van der Waals surface area contributed by atoms with Crippen LogP contribution in [0.5, 0.6) is 0 Å². The van der Waals surface area contributed by atoms with Crippen LogP contribution in [-0.4, -0.2) is 0 Å². The predicted octanol–water partition coefficient (Wildman–Crippen LogP) is 5.03. The molecule has 0 atom stereocenters. The molecule has 0 nitrogen and oxygen atoms in total. The van der Waals surface area contributed by atoms with Crippen molar-refractivity contribution in [3.05, 3.63) is 0 Å². The summed E-state index contributed by atoms with van der Waals surface area (Å²) in [5.41, 5.74) is 0. The van der Waals surface area contributed by atoms with Crippen molar-refractivity contribution < 1.29 is 0 Å². The van der Waals surface area contributed by atoms with E-state index in [-0.39, 0.29) is 0 Å². The molecule has 1 saturated carbocycles. The SMILES string of the molecule is CC.CC1CC1.CCCCCC. The molecule has 0 aromatic heterocycles. The summed E-state index contributed by atoms with van der Waals surface area (Å²) in [6.45, 7) is 10.7. The van der Waals surface area contributed by atoms with Crippen LogP contribution in [-0.2, 0) is 0 Å². The van der Waals surface area contributed by atoms with E-state index in [1.54, 1.807) is 0 Å². The Labute approximate surface area is 79.8 Å². The van der Waals surface area contributed by atoms with Crippen LogP contribution in [0.3, 0.4) is 0 Å². The largest absolute Gasteiger partial charge is 0.0683 e. The van der Waals surface area contributed by atoms with Gasteiger partial charge in [-0.1, -0.05) is 73.1 Å². The summed E-state index contributed by atoms with van der Waals surface area (Å²) >= 11 is 0. The van der Waals surface area contributed by atoms with Gasteiger partial charge in [0, 0.05) is 0 Å². The van der Waals surface area contributed by atoms with Crippen molar-refractivity contribution in [2.45, 2.75) is 73.1 Å². The number of hydrogen-bond donors (Lipinski definition) is 0. The number of hydrogen-bond acceptors (Lipinski definition) is 0. The van der Waals surface area contributed by atoms with Gasteiger partial charge in [0.2, 0.25) is 0 Å². The van der Waals surface area contributed by atoms with E-state index in [1.807, 2.05) is 13.8 Å². The zero-order valence-electron chi connectivity index (χ0n) is 9.82. The Balaban J connectivity index is 0. The van der Waals surface area contributed by atoms with E-state index in [0.717, 1.165) is 5.92 Å². The van der Waals surface area contributed by atoms with Crippen LogP contribution in [0.2, 0.25) is 0 Å². The molecular formula is C12H28. The Hall–Kier alpha value is 0. The second-order valence-electron chi connectivity index (χ2n) is 3.39. The first kappa shape index (κ1) is 14.5. The van der Waals surface area contributed by atoms with Gasteiger partial charge in [0.05, 0.1) is 0 Å². The summed E-state index contributed by atoms with van der Waals surface area (Å²) in [4.78, 5) is 0. The standard InChI is InChI=1S/C6H14.C4H8.C2H6/c1-3-5-6-4-2;1-4-2-3-4;1-2/h3-6H2,1-2H3;4H,2-3H2,1H3;1-2H3. The maximum absolute atomic E-state index is 2.28. The first-order chi connectivity index (χ1) is 5.81. The van der Waals surface area contributed by atoms with Crippen molar-refractivity contribution in [3.8, 4) is 0 Å². The molecule has 0 aromatic rings. The maximum atomic E-state index is 2.28. The van der Waals surface area contributed by atoms with Crippen LogP contribution in [0, 0.1) is 5.92 Å². The topological polar surface area (TPSA) is 0 Å². The van der Waals surface area contributed by atoms with E-state index in [1.165, 1.54) is 38.5 Å². The smallest absolute Gasteiger partial charge is 0.0443 e. The fourth-order valence-corrected chi connectivity index (χ4v) is 0.667. The van der Waals surface area contributed by atoms with Crippen molar-refractivity contribution in [2.75, 3.05) is 0 Å². The lowest BCUT2D eigenvalue weighted by Crippen LogP contribution is -1.66. The third-order valence-electron chi connectivity index (χ3n) is 1.82. The molecule has 0 bridgehead atoms. The van der Waals surface area contributed by atoms with Crippen LogP contribution < -0.4 is 0 Å². The van der Waals surface area contributed by atoms with Gasteiger partial charge in [0.15, 0.2) is 0 Å². The Morgan fingerprint density at radius 1 is 0.917 bits per heavy atom. The van der Waals surface area contributed by atoms with Gasteiger partial charge >= 0.3 is 0 Å². The predicted molar refractivity (Wildman–Crippen MR) is 59.6 cm³/mol. The van der Waals surface area contributed by atoms with Crippen LogP contribution in [0.4, 0.5) is 0 Å². The van der Waals surface area contributed by atoms with Crippen molar-refractivity contribution in [2.24, 2.45) is 5.92 Å². The molecule has 1 aliphatic rings. The molecule has 0 unspecified atom stereocenters. The van der Waals surface area contributed by atoms with Crippen LogP contribution in [0.1, 0.15) is 73.1 Å². The summed E-state index contributed by atoms with van der Waals surface area (Å²) in [6.07, 6.45) is 8.51. The van der Waals surface area contributed by atoms with E-state index in [0.29, 0.717) is 0 Å². The quantitative estimate of drug-likeness (QED) is 0.524. The zero-order chi connectivity index (χ0) is 9.82. The first-order valence-electron chi connectivity index (χ1n) is 5.81. The minimum atomic E-state index is 1.08. The van der Waals surface area contributed by atoms with Crippen LogP contribution in [0.15, 0.2) is 0 Å². The molecule has 1 aliphatic carbocycles. The van der Waals surface area contributed by atoms with Gasteiger partial charge in [-0.15, -0.1) is 0 Å². The van der Waals surface area contributed by atoms with Gasteiger partial charge in [-0.2, -0.15) is 0 Å². The molecule has 0 aliphatic heterocycles. The van der Waals surface area contributed by atoms with E-state index in [2.05, 4.69) is 20.8 Å². The van der Waals surface area contributed by atoms with E-state index < -0.39 is 0 Å². The van der Waals surface area contributed by atoms with Crippen molar-refractivity contribution in [1.29, 1.82) is 0 Å². The van der Waals surface area contributed by atoms with Gasteiger partial charge in [-0.25, -0.2) is 0 Å². The molecule has 76 valence electrons. The molecular weight excluding hydrogens is 144 g/mol. The third kappa shape index (κ3) is 22.5. The average molecular weight is 172 g/mol. The Bertz CT molecular complexity index is 49.1. The summed E-state index contributed by atoms with van der Waals surface area (Å²) in [5.74, 6) is 1.08. The summed E-state index contributed by atoms with van der Waals surface area (Å²) < 4.78 is 0. The van der Waals surface area contributed by atoms with Gasteiger partial charge < -0.3 is 0 Å². The second kappa shape index (κ2) is 13.6. The monoisotopic (exact) mass is 172 g/mol. The summed E-state index contributed by atoms with van der Waals surface area (Å²) in [6, 6.07) is 0. The molecule has 0 aromatic carbocycles. The van der Waals surface area contributed by atoms with Crippen LogP contribution in [0.25, 0.3) is 0 Å². The number of rotatable bonds is 3. The first-order valence-corrected chi connectivity index (χ1v) is 5.81. The molecule has 1 fully saturated rings. The second-order valence-corrected chi connectivity index (χ2v) is 3.39. The Kier molecular flexibility index (Phi) is 16.4. The van der Waals surface area contributed by atoms with Crippen molar-refractivity contribution >= 4 is 0 Å². The van der Waals surface area contributed by atoms with E-state index >= 15 is 0 Å². The third-order valence-corrected chi connectivity index (χ3v) is 1.82. The molecule has 0 saturated heterocycles. The minimum absolute atomic E-state index is 1.08. The lowest BCUT2D eigenvalue weighted by atomic mass is 10.2. The highest BCUT2D eigenvalue weighted by Gasteiger charge is 2.12. The van der Waals surface area contributed by atoms with Gasteiger partial charge in [-0.05, 0) is 5.92 Å². The summed E-state index contributed by atoms with van der Waals surface area (Å²) in [7, 11) is 0. The molecule has 0 radical (unpaired) electrons. The molecule has 0 N–H and O–H groups in total. The molecule has 0 heterocycles. The molecule has 12 heavy (non-hydrogen) atoms. The average Bonchev–Trinajstić information content (AvgIpc) is 2.89. The molecule has 0 spiro atoms. The highest BCUT2D eigenvalue weighted by atomic mass is 14.2. The van der Waals surface area contributed by atoms with E-state index in [9.17, 15) is 0 Å². The molecule has 1 rings (SSSR count). The zero-order valence-corrected chi connectivity index (χ0v) is 9.82. The number of unbranched alkanes of at least 4 members (excludes halogenated alkanes) is 3. The summed E-state index contributed by atoms with van der Waals surface area (Å²) in [5, 5.41) is 0. The maximum Gasteiger partial charge on any atom is -0.0443 e. The van der Waals surface area contributed by atoms with Gasteiger partial charge in [0.25, 0.3) is 0 Å². The fourth-order valence-electron chi connectivity index (χ4n) is 0.667. The van der Waals surface area contributed by atoms with E-state index in [4.69, 9.17) is 0 Å². The highest BCUT2D eigenvalue weighted by molar-refractivity contribution is 4.65. The van der Waals surface area contributed by atoms with Crippen molar-refractivity contribution in [1.82, 2.24) is 0 Å². The Morgan fingerprint density at radius 3 is 1.25 bits per heavy atom. The van der Waals surface area contributed by atoms with Gasteiger partial charge in [-0.3, -0.25) is 0 Å². The lowest BCUT2D eigenvalue weighted by molar-refractivity contribution is 0.702. The molecule has 0 heteroatoms. The van der Waals surface area contributed by atoms with Crippen LogP contribution >= 0.6 is 0 Å². The highest BCUT2D eigenvalue weighted by Crippen LogP contribution is 2.26. The molecule has 0 amide bonds. The van der Waals surface area contributed by atoms with Gasteiger partial charge in [0.1, 0.15) is 0 Å². The fraction of sp³-hybridized carbons (Fsp3) is 1.00. The lowest BCUT2D eigenvalue weighted by Gasteiger charge is -1.86. The normalized spacial score (nSPS) is 13.8.